The van der Waals surface area contributed by atoms with Crippen LogP contribution in [-0.2, 0) is 17.8 Å². The van der Waals surface area contributed by atoms with Crippen LogP contribution in [-0.4, -0.2) is 59.3 Å². The Morgan fingerprint density at radius 3 is 3.00 bits per heavy atom. The van der Waals surface area contributed by atoms with Gasteiger partial charge in [-0.2, -0.15) is 0 Å². The predicted molar refractivity (Wildman–Crippen MR) is 78.5 cm³/mol. The van der Waals surface area contributed by atoms with Crippen molar-refractivity contribution in [3.05, 3.63) is 11.9 Å². The van der Waals surface area contributed by atoms with E-state index in [-0.39, 0.29) is 0 Å². The van der Waals surface area contributed by atoms with Crippen molar-refractivity contribution in [2.24, 2.45) is 0 Å². The molecule has 0 aliphatic carbocycles. The number of nitrogens with zero attached hydrogens (tertiary/aromatic N) is 4. The standard InChI is InChI=1S/C14H27N5O/c1-3-6-15-11-13-12-19(17-16-13)8-7-18(2)14-4-9-20-10-5-14/h12,14-15H,3-11H2,1-2H3. The zero-order valence-electron chi connectivity index (χ0n) is 12.7. The van der Waals surface area contributed by atoms with Gasteiger partial charge in [-0.05, 0) is 32.9 Å². The first-order valence-corrected chi connectivity index (χ1v) is 7.67. The van der Waals surface area contributed by atoms with E-state index in [2.05, 4.69) is 34.5 Å². The summed E-state index contributed by atoms with van der Waals surface area (Å²) in [4.78, 5) is 2.42. The van der Waals surface area contributed by atoms with E-state index < -0.39 is 0 Å². The minimum absolute atomic E-state index is 0.651. The predicted octanol–water partition coefficient (Wildman–Crippen LogP) is 0.889. The molecule has 1 aromatic heterocycles. The molecule has 1 aromatic rings. The smallest absolute Gasteiger partial charge is 0.0964 e. The lowest BCUT2D eigenvalue weighted by molar-refractivity contribution is 0.0418. The Kier molecular flexibility index (Phi) is 6.42. The third-order valence-electron chi connectivity index (χ3n) is 3.81. The van der Waals surface area contributed by atoms with E-state index in [1.165, 1.54) is 0 Å². The summed E-state index contributed by atoms with van der Waals surface area (Å²) < 4.78 is 7.34. The van der Waals surface area contributed by atoms with E-state index in [0.717, 1.165) is 64.3 Å². The maximum atomic E-state index is 5.40. The summed E-state index contributed by atoms with van der Waals surface area (Å²) >= 11 is 0. The molecule has 0 atom stereocenters. The number of nitrogens with one attached hydrogen (secondary N) is 1. The fourth-order valence-electron chi connectivity index (χ4n) is 2.49. The van der Waals surface area contributed by atoms with Crippen molar-refractivity contribution >= 4 is 0 Å². The molecule has 6 heteroatoms. The summed E-state index contributed by atoms with van der Waals surface area (Å²) in [6.07, 6.45) is 5.46. The highest BCUT2D eigenvalue weighted by Crippen LogP contribution is 2.12. The van der Waals surface area contributed by atoms with E-state index >= 15 is 0 Å². The van der Waals surface area contributed by atoms with Gasteiger partial charge in [-0.1, -0.05) is 12.1 Å². The Morgan fingerprint density at radius 2 is 2.25 bits per heavy atom. The van der Waals surface area contributed by atoms with Crippen LogP contribution in [0.15, 0.2) is 6.20 Å². The number of likely N-dealkylation sites (N-methyl/N-ethyl adjacent to an activating group) is 1. The lowest BCUT2D eigenvalue weighted by Crippen LogP contribution is -2.38. The lowest BCUT2D eigenvalue weighted by atomic mass is 10.1. The van der Waals surface area contributed by atoms with Crippen LogP contribution >= 0.6 is 0 Å². The van der Waals surface area contributed by atoms with Crippen LogP contribution < -0.4 is 5.32 Å². The number of hydrogen-bond donors (Lipinski definition) is 1. The summed E-state index contributed by atoms with van der Waals surface area (Å²) in [5.41, 5.74) is 1.02. The van der Waals surface area contributed by atoms with Crippen LogP contribution in [0.4, 0.5) is 0 Å². The fraction of sp³-hybridized carbons (Fsp3) is 0.857. The molecule has 0 radical (unpaired) electrons. The van der Waals surface area contributed by atoms with Crippen molar-refractivity contribution in [2.75, 3.05) is 33.4 Å². The second-order valence-corrected chi connectivity index (χ2v) is 5.47. The molecule has 0 saturated carbocycles. The molecule has 114 valence electrons. The van der Waals surface area contributed by atoms with Gasteiger partial charge >= 0.3 is 0 Å². The normalized spacial score (nSPS) is 16.9. The van der Waals surface area contributed by atoms with Gasteiger partial charge < -0.3 is 15.0 Å². The quantitative estimate of drug-likeness (QED) is 0.717. The maximum Gasteiger partial charge on any atom is 0.0964 e. The van der Waals surface area contributed by atoms with Crippen molar-refractivity contribution in [3.8, 4) is 0 Å². The first-order chi connectivity index (χ1) is 9.79. The molecule has 2 rings (SSSR count). The lowest BCUT2D eigenvalue weighted by Gasteiger charge is -2.30. The Balaban J connectivity index is 1.70. The van der Waals surface area contributed by atoms with Gasteiger partial charge in [0.15, 0.2) is 0 Å². The summed E-state index contributed by atoms with van der Waals surface area (Å²) in [6, 6.07) is 0.651. The minimum atomic E-state index is 0.651. The number of rotatable bonds is 8. The average molecular weight is 281 g/mol. The van der Waals surface area contributed by atoms with E-state index in [9.17, 15) is 0 Å². The summed E-state index contributed by atoms with van der Waals surface area (Å²) in [5, 5.41) is 11.7. The summed E-state index contributed by atoms with van der Waals surface area (Å²) in [5.74, 6) is 0. The van der Waals surface area contributed by atoms with E-state index in [4.69, 9.17) is 4.74 Å². The van der Waals surface area contributed by atoms with Crippen LogP contribution in [0.3, 0.4) is 0 Å². The Labute approximate surface area is 121 Å². The third-order valence-corrected chi connectivity index (χ3v) is 3.81. The van der Waals surface area contributed by atoms with Crippen molar-refractivity contribution in [1.82, 2.24) is 25.2 Å². The number of aromatic nitrogens is 3. The van der Waals surface area contributed by atoms with Crippen LogP contribution in [0.2, 0.25) is 0 Å². The van der Waals surface area contributed by atoms with Crippen molar-refractivity contribution in [1.29, 1.82) is 0 Å². The molecular formula is C14H27N5O. The van der Waals surface area contributed by atoms with Gasteiger partial charge in [0, 0.05) is 38.5 Å². The maximum absolute atomic E-state index is 5.40. The molecule has 1 saturated heterocycles. The minimum Gasteiger partial charge on any atom is -0.381 e. The molecule has 20 heavy (non-hydrogen) atoms. The highest BCUT2D eigenvalue weighted by atomic mass is 16.5. The van der Waals surface area contributed by atoms with Crippen LogP contribution in [0, 0.1) is 0 Å². The van der Waals surface area contributed by atoms with E-state index in [0.29, 0.717) is 6.04 Å². The molecule has 0 amide bonds. The molecule has 0 unspecified atom stereocenters. The van der Waals surface area contributed by atoms with Gasteiger partial charge in [0.1, 0.15) is 0 Å². The van der Waals surface area contributed by atoms with Crippen molar-refractivity contribution in [3.63, 3.8) is 0 Å². The van der Waals surface area contributed by atoms with Gasteiger partial charge in [0.25, 0.3) is 0 Å². The molecule has 0 spiro atoms. The van der Waals surface area contributed by atoms with Crippen LogP contribution in [0.25, 0.3) is 0 Å². The Morgan fingerprint density at radius 1 is 1.45 bits per heavy atom. The molecule has 6 nitrogen and oxygen atoms in total. The van der Waals surface area contributed by atoms with Crippen molar-refractivity contribution < 1.29 is 4.74 Å². The average Bonchev–Trinajstić information content (AvgIpc) is 2.94. The molecule has 0 aromatic carbocycles. The fourth-order valence-corrected chi connectivity index (χ4v) is 2.49. The molecule has 2 heterocycles. The first kappa shape index (κ1) is 15.4. The summed E-state index contributed by atoms with van der Waals surface area (Å²) in [6.45, 7) is 7.70. The molecule has 1 N–H and O–H groups in total. The number of ether oxygens (including phenoxy) is 1. The van der Waals surface area contributed by atoms with Gasteiger partial charge in [-0.3, -0.25) is 4.68 Å². The van der Waals surface area contributed by atoms with E-state index in [1.807, 2.05) is 10.9 Å². The van der Waals surface area contributed by atoms with Gasteiger partial charge in [0.2, 0.25) is 0 Å². The second-order valence-electron chi connectivity index (χ2n) is 5.47. The Hall–Kier alpha value is -0.980. The van der Waals surface area contributed by atoms with E-state index in [1.54, 1.807) is 0 Å². The molecule has 1 aliphatic rings. The molecule has 1 fully saturated rings. The van der Waals surface area contributed by atoms with Crippen molar-refractivity contribution in [2.45, 2.75) is 45.3 Å². The highest BCUT2D eigenvalue weighted by molar-refractivity contribution is 4.91. The monoisotopic (exact) mass is 281 g/mol. The molecule has 1 aliphatic heterocycles. The van der Waals surface area contributed by atoms with Crippen LogP contribution in [0.5, 0.6) is 0 Å². The zero-order valence-corrected chi connectivity index (χ0v) is 12.7. The van der Waals surface area contributed by atoms with Gasteiger partial charge in [-0.25, -0.2) is 0 Å². The summed E-state index contributed by atoms with van der Waals surface area (Å²) in [7, 11) is 2.19. The molecule has 0 bridgehead atoms. The van der Waals surface area contributed by atoms with Gasteiger partial charge in [-0.15, -0.1) is 5.10 Å². The molecular weight excluding hydrogens is 254 g/mol. The Bertz CT molecular complexity index is 375. The second kappa shape index (κ2) is 8.34. The largest absolute Gasteiger partial charge is 0.381 e. The SMILES string of the molecule is CCCNCc1cn(CCN(C)C2CCOCC2)nn1. The third kappa shape index (κ3) is 4.85. The van der Waals surface area contributed by atoms with Crippen LogP contribution in [0.1, 0.15) is 31.9 Å². The zero-order chi connectivity index (χ0) is 14.2. The topological polar surface area (TPSA) is 55.2 Å². The first-order valence-electron chi connectivity index (χ1n) is 7.67. The van der Waals surface area contributed by atoms with Gasteiger partial charge in [0.05, 0.1) is 12.2 Å². The number of hydrogen-bond acceptors (Lipinski definition) is 5. The highest BCUT2D eigenvalue weighted by Gasteiger charge is 2.18.